The van der Waals surface area contributed by atoms with Gasteiger partial charge in [-0.3, -0.25) is 9.59 Å². The first kappa shape index (κ1) is 44.3. The lowest BCUT2D eigenvalue weighted by molar-refractivity contribution is -0.172. The van der Waals surface area contributed by atoms with Crippen molar-refractivity contribution in [3.05, 3.63) is 65.9 Å². The lowest BCUT2D eigenvalue weighted by Crippen LogP contribution is -2.55. The Kier molecular flexibility index (Phi) is 12.5. The van der Waals surface area contributed by atoms with Crippen molar-refractivity contribution in [1.29, 1.82) is 0 Å². The van der Waals surface area contributed by atoms with Gasteiger partial charge in [0.25, 0.3) is 0 Å². The molecule has 0 saturated carbocycles. The molecule has 3 aromatic carbocycles. The standard InChI is InChI=1S/C45H52F2N8O9/c1-21-8-14-33(54(21)42(57)37(53-45(59)62-7)24(4)64-43(46)47)39-48-19-32(50-39)26-10-12-28-27(16-26)20-63-35-18-29-25(17-30(28)35)11-13-31-38(29)51-40(49-31)34-15-9-22(2)55(34)41(56)36(23(3)60-5)52-44(58)61-6/h10-13,16-19,21-24,33-34,36-37,43H,8-9,14-15,20H2,1-7H3,(H,48,50)(H,49,51)(H,52,58)(H,53,59)/t21-,22-,23+,24+,33-,34-,36-,37-/m0/s1. The summed E-state index contributed by atoms with van der Waals surface area (Å²) in [5.41, 5.74) is 6.03. The summed E-state index contributed by atoms with van der Waals surface area (Å²) in [7, 11) is 3.86. The predicted octanol–water partition coefficient (Wildman–Crippen LogP) is 6.88. The van der Waals surface area contributed by atoms with Crippen molar-refractivity contribution < 1.29 is 51.6 Å². The third kappa shape index (κ3) is 8.29. The molecular weight excluding hydrogens is 835 g/mol. The predicted molar refractivity (Wildman–Crippen MR) is 229 cm³/mol. The Morgan fingerprint density at radius 1 is 0.797 bits per heavy atom. The molecule has 0 unspecified atom stereocenters. The Balaban J connectivity index is 1.04. The average Bonchev–Trinajstić information content (AvgIpc) is 4.11. The number of aromatic nitrogens is 4. The number of carbonyl (C=O) groups is 4. The summed E-state index contributed by atoms with van der Waals surface area (Å²) >= 11 is 0. The van der Waals surface area contributed by atoms with Crippen LogP contribution < -0.4 is 15.4 Å². The van der Waals surface area contributed by atoms with Crippen molar-refractivity contribution in [2.24, 2.45) is 0 Å². The zero-order chi connectivity index (χ0) is 45.6. The number of amides is 4. The van der Waals surface area contributed by atoms with Crippen LogP contribution in [0.3, 0.4) is 0 Å². The maximum absolute atomic E-state index is 14.0. The van der Waals surface area contributed by atoms with Crippen molar-refractivity contribution >= 4 is 45.8 Å². The smallest absolute Gasteiger partial charge is 0.407 e. The molecule has 3 aliphatic rings. The third-order valence-electron chi connectivity index (χ3n) is 12.8. The minimum Gasteiger partial charge on any atom is -0.488 e. The number of halogens is 2. The number of alkyl halides is 2. The highest BCUT2D eigenvalue weighted by Crippen LogP contribution is 2.44. The van der Waals surface area contributed by atoms with E-state index in [-0.39, 0.29) is 24.0 Å². The summed E-state index contributed by atoms with van der Waals surface area (Å²) in [6, 6.07) is 10.6. The van der Waals surface area contributed by atoms with E-state index in [1.54, 1.807) is 22.9 Å². The molecule has 5 heterocycles. The van der Waals surface area contributed by atoms with E-state index >= 15 is 0 Å². The molecule has 4 amide bonds. The van der Waals surface area contributed by atoms with E-state index in [0.717, 1.165) is 57.6 Å². The molecule has 340 valence electrons. The number of nitrogens with zero attached hydrogens (tertiary/aromatic N) is 4. The molecule has 0 bridgehead atoms. The van der Waals surface area contributed by atoms with Gasteiger partial charge in [-0.15, -0.1) is 0 Å². The number of nitrogens with one attached hydrogen (secondary N) is 4. The quantitative estimate of drug-likeness (QED) is 0.102. The number of fused-ring (bicyclic) bond motifs is 6. The van der Waals surface area contributed by atoms with Crippen LogP contribution >= 0.6 is 0 Å². The molecule has 4 N–H and O–H groups in total. The minimum atomic E-state index is -3.15. The Labute approximate surface area is 367 Å². The molecular formula is C45H52F2N8O9. The molecule has 2 fully saturated rings. The van der Waals surface area contributed by atoms with Gasteiger partial charge in [0.05, 0.1) is 61.4 Å². The number of imidazole rings is 2. The number of rotatable bonds is 12. The number of hydrogen-bond donors (Lipinski definition) is 4. The summed E-state index contributed by atoms with van der Waals surface area (Å²) in [6.07, 6.45) is 0.720. The molecule has 8 rings (SSSR count). The van der Waals surface area contributed by atoms with Crippen LogP contribution in [0.15, 0.2) is 48.7 Å². The van der Waals surface area contributed by atoms with Crippen LogP contribution in [0.5, 0.6) is 5.75 Å². The summed E-state index contributed by atoms with van der Waals surface area (Å²) in [5, 5.41) is 6.90. The molecule has 0 aliphatic carbocycles. The van der Waals surface area contributed by atoms with Gasteiger partial charge < -0.3 is 54.1 Å². The fraction of sp³-hybridized carbons (Fsp3) is 0.467. The number of methoxy groups -OCH3 is 3. The van der Waals surface area contributed by atoms with Crippen LogP contribution in [0.4, 0.5) is 18.4 Å². The monoisotopic (exact) mass is 886 g/mol. The molecule has 0 radical (unpaired) electrons. The van der Waals surface area contributed by atoms with E-state index in [9.17, 15) is 28.0 Å². The number of likely N-dealkylation sites (tertiary alicyclic amines) is 2. The van der Waals surface area contributed by atoms with Crippen LogP contribution in [0, 0.1) is 0 Å². The minimum absolute atomic E-state index is 0.105. The van der Waals surface area contributed by atoms with Crippen LogP contribution in [0.1, 0.15) is 82.7 Å². The van der Waals surface area contributed by atoms with Crippen molar-refractivity contribution in [3.8, 4) is 28.1 Å². The van der Waals surface area contributed by atoms with E-state index in [2.05, 4.69) is 41.1 Å². The fourth-order valence-electron chi connectivity index (χ4n) is 9.37. The summed E-state index contributed by atoms with van der Waals surface area (Å²) in [5.74, 6) is 1.02. The lowest BCUT2D eigenvalue weighted by atomic mass is 9.92. The Morgan fingerprint density at radius 2 is 1.44 bits per heavy atom. The number of H-pyrrole nitrogens is 2. The second kappa shape index (κ2) is 18.0. The van der Waals surface area contributed by atoms with E-state index in [1.165, 1.54) is 21.1 Å². The maximum atomic E-state index is 14.0. The normalized spacial score (nSPS) is 21.2. The molecule has 2 saturated heterocycles. The molecule has 0 spiro atoms. The van der Waals surface area contributed by atoms with E-state index < -0.39 is 55.0 Å². The molecule has 19 heteroatoms. The SMILES string of the molecule is COC(=O)N[C@H](C(=O)N1[C@@H](C)CC[C@H]1c1nc2ccc3cc4c(cc3c2[nH]1)OCc1cc(-c2cnc([C@@H]3CC[C@H](C)N3C(=O)[C@@H](NC(=O)OC)[C@@H](C)OC(F)F)[nH]2)ccc1-4)[C@@H](C)OC. The van der Waals surface area contributed by atoms with Gasteiger partial charge in [-0.2, -0.15) is 8.78 Å². The van der Waals surface area contributed by atoms with Gasteiger partial charge in [0, 0.05) is 30.1 Å². The Bertz CT molecular complexity index is 2580. The summed E-state index contributed by atoms with van der Waals surface area (Å²) in [6.45, 7) is 4.03. The maximum Gasteiger partial charge on any atom is 0.407 e. The van der Waals surface area contributed by atoms with Crippen LogP contribution in [0.2, 0.25) is 0 Å². The topological polar surface area (TPSA) is 202 Å². The number of aromatic amines is 2. The van der Waals surface area contributed by atoms with Crippen LogP contribution in [-0.4, -0.2) is 118 Å². The highest BCUT2D eigenvalue weighted by atomic mass is 19.3. The first-order chi connectivity index (χ1) is 30.7. The van der Waals surface area contributed by atoms with Gasteiger partial charge in [0.1, 0.15) is 36.1 Å². The second-order valence-electron chi connectivity index (χ2n) is 16.6. The van der Waals surface area contributed by atoms with E-state index in [0.29, 0.717) is 49.0 Å². The number of alkyl carbamates (subject to hydrolysis) is 2. The van der Waals surface area contributed by atoms with Gasteiger partial charge in [0.2, 0.25) is 11.8 Å². The highest BCUT2D eigenvalue weighted by molar-refractivity contribution is 6.07. The molecule has 17 nitrogen and oxygen atoms in total. The number of carbonyl (C=O) groups excluding carboxylic acids is 4. The van der Waals surface area contributed by atoms with Gasteiger partial charge in [0.15, 0.2) is 0 Å². The van der Waals surface area contributed by atoms with Crippen LogP contribution in [-0.2, 0) is 35.1 Å². The van der Waals surface area contributed by atoms with Gasteiger partial charge >= 0.3 is 18.8 Å². The largest absolute Gasteiger partial charge is 0.488 e. The van der Waals surface area contributed by atoms with Gasteiger partial charge in [-0.25, -0.2) is 19.6 Å². The Hall–Kier alpha value is -6.34. The van der Waals surface area contributed by atoms with Gasteiger partial charge in [-0.1, -0.05) is 18.2 Å². The lowest BCUT2D eigenvalue weighted by Gasteiger charge is -2.33. The number of benzene rings is 3. The molecule has 3 aliphatic heterocycles. The molecule has 8 atom stereocenters. The van der Waals surface area contributed by atoms with Crippen LogP contribution in [0.25, 0.3) is 44.2 Å². The van der Waals surface area contributed by atoms with Crippen molar-refractivity contribution in [3.63, 3.8) is 0 Å². The first-order valence-corrected chi connectivity index (χ1v) is 21.3. The molecule has 5 aromatic rings. The summed E-state index contributed by atoms with van der Waals surface area (Å²) < 4.78 is 52.3. The number of hydrogen-bond acceptors (Lipinski definition) is 11. The number of ether oxygens (including phenoxy) is 5. The zero-order valence-electron chi connectivity index (χ0n) is 36.6. The molecule has 2 aromatic heterocycles. The van der Waals surface area contributed by atoms with Crippen molar-refractivity contribution in [1.82, 2.24) is 40.4 Å². The van der Waals surface area contributed by atoms with Crippen molar-refractivity contribution in [2.75, 3.05) is 21.3 Å². The van der Waals surface area contributed by atoms with Gasteiger partial charge in [-0.05, 0) is 99.7 Å². The van der Waals surface area contributed by atoms with E-state index in [4.69, 9.17) is 19.2 Å². The van der Waals surface area contributed by atoms with E-state index in [1.807, 2.05) is 50.2 Å². The average molecular weight is 887 g/mol. The molecule has 64 heavy (non-hydrogen) atoms. The Morgan fingerprint density at radius 3 is 2.06 bits per heavy atom. The zero-order valence-corrected chi connectivity index (χ0v) is 36.6. The second-order valence-corrected chi connectivity index (χ2v) is 16.6. The first-order valence-electron chi connectivity index (χ1n) is 21.3. The van der Waals surface area contributed by atoms with Crippen molar-refractivity contribution in [2.45, 2.75) is 115 Å². The fourth-order valence-corrected chi connectivity index (χ4v) is 9.37. The third-order valence-corrected chi connectivity index (χ3v) is 12.8. The summed E-state index contributed by atoms with van der Waals surface area (Å²) in [4.78, 5) is 72.2. The highest BCUT2D eigenvalue weighted by Gasteiger charge is 2.44.